The van der Waals surface area contributed by atoms with Gasteiger partial charge >= 0.3 is 0 Å². The number of nitrogens with one attached hydrogen (secondary N) is 2. The second-order valence-corrected chi connectivity index (χ2v) is 7.33. The van der Waals surface area contributed by atoms with Crippen LogP contribution in [-0.2, 0) is 6.54 Å². The van der Waals surface area contributed by atoms with Crippen molar-refractivity contribution in [2.45, 2.75) is 30.4 Å². The lowest BCUT2D eigenvalue weighted by molar-refractivity contribution is 0.660. The first-order chi connectivity index (χ1) is 13.6. The smallest absolute Gasteiger partial charge is 0.213 e. The summed E-state index contributed by atoms with van der Waals surface area (Å²) in [5.41, 5.74) is 3.51. The van der Waals surface area contributed by atoms with E-state index in [0.29, 0.717) is 16.7 Å². The van der Waals surface area contributed by atoms with E-state index in [1.54, 1.807) is 19.1 Å². The SMILES string of the molecule is CCn1cc(-c2cnc3ccc(Sc4n[nH]c(/C=C\C(C)=N)n4)cc3c2)cn1. The number of aromatic nitrogens is 6. The van der Waals surface area contributed by atoms with Crippen LogP contribution in [0.5, 0.6) is 0 Å². The van der Waals surface area contributed by atoms with E-state index in [0.717, 1.165) is 33.5 Å². The van der Waals surface area contributed by atoms with E-state index >= 15 is 0 Å². The molecule has 2 N–H and O–H groups in total. The molecule has 0 aliphatic carbocycles. The monoisotopic (exact) mass is 389 g/mol. The molecule has 4 aromatic rings. The van der Waals surface area contributed by atoms with Crippen molar-refractivity contribution in [2.24, 2.45) is 0 Å². The summed E-state index contributed by atoms with van der Waals surface area (Å²) in [7, 11) is 0. The predicted octanol–water partition coefficient (Wildman–Crippen LogP) is 4.44. The zero-order chi connectivity index (χ0) is 19.5. The highest BCUT2D eigenvalue weighted by Crippen LogP contribution is 2.29. The van der Waals surface area contributed by atoms with Crippen LogP contribution < -0.4 is 0 Å². The number of benzene rings is 1. The number of hydrogen-bond donors (Lipinski definition) is 2. The quantitative estimate of drug-likeness (QED) is 0.475. The molecule has 0 radical (unpaired) electrons. The minimum Gasteiger partial charge on any atom is -0.306 e. The van der Waals surface area contributed by atoms with E-state index in [1.807, 2.05) is 35.4 Å². The van der Waals surface area contributed by atoms with Crippen LogP contribution in [0.25, 0.3) is 28.1 Å². The summed E-state index contributed by atoms with van der Waals surface area (Å²) >= 11 is 1.48. The second-order valence-electron chi connectivity index (χ2n) is 6.28. The first-order valence-corrected chi connectivity index (χ1v) is 9.68. The molecule has 3 heterocycles. The van der Waals surface area contributed by atoms with Gasteiger partial charge < -0.3 is 5.41 Å². The Kier molecular flexibility index (Phi) is 5.03. The molecule has 0 atom stereocenters. The standard InChI is InChI=1S/C20H19N7S/c1-3-27-12-16(11-23-27)15-8-14-9-17(5-6-18(14)22-10-15)28-20-24-19(25-26-20)7-4-13(2)21/h4-12,21H,3H2,1-2H3,(H,24,25,26)/b7-4-,21-13?. The highest BCUT2D eigenvalue weighted by atomic mass is 32.2. The molecule has 0 bridgehead atoms. The highest BCUT2D eigenvalue weighted by molar-refractivity contribution is 7.99. The summed E-state index contributed by atoms with van der Waals surface area (Å²) in [6.45, 7) is 4.62. The molecule has 140 valence electrons. The van der Waals surface area contributed by atoms with E-state index in [4.69, 9.17) is 5.41 Å². The topological polar surface area (TPSA) is 96.1 Å². The Labute approximate surface area is 166 Å². The van der Waals surface area contributed by atoms with Crippen LogP contribution in [0, 0.1) is 5.41 Å². The minimum atomic E-state index is 0.466. The Balaban J connectivity index is 1.59. The molecule has 0 spiro atoms. The molecule has 0 amide bonds. The zero-order valence-corrected chi connectivity index (χ0v) is 16.4. The van der Waals surface area contributed by atoms with Gasteiger partial charge in [0.05, 0.1) is 11.7 Å². The van der Waals surface area contributed by atoms with Gasteiger partial charge in [-0.05, 0) is 62.0 Å². The van der Waals surface area contributed by atoms with Gasteiger partial charge in [-0.3, -0.25) is 14.8 Å². The van der Waals surface area contributed by atoms with Crippen LogP contribution in [0.1, 0.15) is 19.7 Å². The lowest BCUT2D eigenvalue weighted by Gasteiger charge is -2.03. The molecule has 7 nitrogen and oxygen atoms in total. The Morgan fingerprint density at radius 1 is 1.25 bits per heavy atom. The molecule has 3 aromatic heterocycles. The first-order valence-electron chi connectivity index (χ1n) is 8.87. The van der Waals surface area contributed by atoms with Crippen molar-refractivity contribution in [3.63, 3.8) is 0 Å². The maximum atomic E-state index is 7.43. The third kappa shape index (κ3) is 4.01. The van der Waals surface area contributed by atoms with Crippen LogP contribution in [-0.4, -0.2) is 35.7 Å². The van der Waals surface area contributed by atoms with Crippen LogP contribution in [0.3, 0.4) is 0 Å². The second kappa shape index (κ2) is 7.77. The number of aromatic amines is 1. The lowest BCUT2D eigenvalue weighted by Crippen LogP contribution is -1.92. The normalized spacial score (nSPS) is 11.5. The average molecular weight is 389 g/mol. The van der Waals surface area contributed by atoms with Crippen molar-refractivity contribution in [2.75, 3.05) is 0 Å². The summed E-state index contributed by atoms with van der Waals surface area (Å²) in [5.74, 6) is 0.631. The average Bonchev–Trinajstić information content (AvgIpc) is 3.35. The lowest BCUT2D eigenvalue weighted by atomic mass is 10.1. The molecule has 0 saturated carbocycles. The Morgan fingerprint density at radius 3 is 2.93 bits per heavy atom. The fourth-order valence-corrected chi connectivity index (χ4v) is 3.47. The Bertz CT molecular complexity index is 1170. The number of H-pyrrole nitrogens is 1. The third-order valence-corrected chi connectivity index (χ3v) is 4.98. The Hall–Kier alpha value is -3.26. The van der Waals surface area contributed by atoms with Crippen LogP contribution in [0.4, 0.5) is 0 Å². The number of rotatable bonds is 6. The molecule has 0 unspecified atom stereocenters. The molecule has 4 rings (SSSR count). The first kappa shape index (κ1) is 18.1. The van der Waals surface area contributed by atoms with Crippen molar-refractivity contribution in [1.29, 1.82) is 5.41 Å². The van der Waals surface area contributed by atoms with Crippen molar-refractivity contribution >= 4 is 34.5 Å². The van der Waals surface area contributed by atoms with Gasteiger partial charge in [-0.1, -0.05) is 0 Å². The van der Waals surface area contributed by atoms with Crippen molar-refractivity contribution in [3.05, 3.63) is 54.8 Å². The summed E-state index contributed by atoms with van der Waals surface area (Å²) < 4.78 is 1.90. The van der Waals surface area contributed by atoms with Gasteiger partial charge in [0.1, 0.15) is 5.82 Å². The number of hydrogen-bond acceptors (Lipinski definition) is 6. The van der Waals surface area contributed by atoms with Gasteiger partial charge in [-0.25, -0.2) is 4.98 Å². The number of pyridine rings is 1. The third-order valence-electron chi connectivity index (χ3n) is 4.13. The number of fused-ring (bicyclic) bond motifs is 1. The summed E-state index contributed by atoms with van der Waals surface area (Å²) in [5, 5.41) is 20.6. The van der Waals surface area contributed by atoms with Gasteiger partial charge in [0.25, 0.3) is 0 Å². The number of nitrogens with zero attached hydrogens (tertiary/aromatic N) is 5. The van der Waals surface area contributed by atoms with E-state index in [2.05, 4.69) is 44.3 Å². The largest absolute Gasteiger partial charge is 0.306 e. The van der Waals surface area contributed by atoms with E-state index < -0.39 is 0 Å². The van der Waals surface area contributed by atoms with Crippen molar-refractivity contribution in [3.8, 4) is 11.1 Å². The minimum absolute atomic E-state index is 0.466. The molecule has 0 aliphatic heterocycles. The molecule has 0 fully saturated rings. The molecular weight excluding hydrogens is 370 g/mol. The maximum Gasteiger partial charge on any atom is 0.213 e. The molecule has 8 heteroatoms. The Morgan fingerprint density at radius 2 is 2.14 bits per heavy atom. The molecule has 0 saturated heterocycles. The fraction of sp³-hybridized carbons (Fsp3) is 0.150. The molecule has 1 aromatic carbocycles. The highest BCUT2D eigenvalue weighted by Gasteiger charge is 2.07. The summed E-state index contributed by atoms with van der Waals surface area (Å²) in [4.78, 5) is 10.0. The predicted molar refractivity (Wildman–Crippen MR) is 112 cm³/mol. The van der Waals surface area contributed by atoms with E-state index in [1.165, 1.54) is 11.8 Å². The van der Waals surface area contributed by atoms with Crippen LogP contribution in [0.2, 0.25) is 0 Å². The van der Waals surface area contributed by atoms with Crippen LogP contribution in [0.15, 0.2) is 59.0 Å². The zero-order valence-electron chi connectivity index (χ0n) is 15.5. The van der Waals surface area contributed by atoms with Gasteiger partial charge in [-0.15, -0.1) is 5.10 Å². The fourth-order valence-electron chi connectivity index (χ4n) is 2.70. The van der Waals surface area contributed by atoms with Crippen molar-refractivity contribution in [1.82, 2.24) is 29.9 Å². The summed E-state index contributed by atoms with van der Waals surface area (Å²) in [6, 6.07) is 8.24. The number of allylic oxidation sites excluding steroid dienone is 1. The molecule has 28 heavy (non-hydrogen) atoms. The number of aryl methyl sites for hydroxylation is 1. The van der Waals surface area contributed by atoms with Gasteiger partial charge in [0.15, 0.2) is 0 Å². The van der Waals surface area contributed by atoms with Gasteiger partial charge in [0.2, 0.25) is 5.16 Å². The molecular formula is C20H19N7S. The summed E-state index contributed by atoms with van der Waals surface area (Å²) in [6.07, 6.45) is 9.19. The van der Waals surface area contributed by atoms with Crippen LogP contribution >= 0.6 is 11.8 Å². The van der Waals surface area contributed by atoms with Gasteiger partial charge in [-0.2, -0.15) is 5.10 Å². The van der Waals surface area contributed by atoms with E-state index in [9.17, 15) is 0 Å². The molecule has 0 aliphatic rings. The van der Waals surface area contributed by atoms with Crippen molar-refractivity contribution < 1.29 is 0 Å². The van der Waals surface area contributed by atoms with E-state index in [-0.39, 0.29) is 0 Å². The maximum absolute atomic E-state index is 7.43. The van der Waals surface area contributed by atoms with Gasteiger partial charge in [0, 0.05) is 46.1 Å².